The van der Waals surface area contributed by atoms with E-state index in [1.165, 1.54) is 14.2 Å². The number of allylic oxidation sites excluding steroid dienone is 1. The third-order valence-corrected chi connectivity index (χ3v) is 7.29. The number of benzene rings is 1. The number of piperazine rings is 1. The Morgan fingerprint density at radius 2 is 1.60 bits per heavy atom. The van der Waals surface area contributed by atoms with E-state index in [9.17, 15) is 9.59 Å². The van der Waals surface area contributed by atoms with Crippen molar-refractivity contribution in [1.29, 1.82) is 0 Å². The lowest BCUT2D eigenvalue weighted by Crippen LogP contribution is -2.48. The fourth-order valence-electron chi connectivity index (χ4n) is 4.57. The number of anilines is 1. The summed E-state index contributed by atoms with van der Waals surface area (Å²) in [6.45, 7) is 13.8. The highest BCUT2D eigenvalue weighted by Crippen LogP contribution is 2.45. The Morgan fingerprint density at radius 1 is 1.00 bits per heavy atom. The van der Waals surface area contributed by atoms with Crippen LogP contribution in [0.3, 0.4) is 0 Å². The van der Waals surface area contributed by atoms with Gasteiger partial charge in [-0.1, -0.05) is 57.0 Å². The van der Waals surface area contributed by atoms with Gasteiger partial charge < -0.3 is 20.1 Å². The summed E-state index contributed by atoms with van der Waals surface area (Å²) < 4.78 is 12.4. The molecular formula is C30H42Cl2N6O4. The van der Waals surface area contributed by atoms with E-state index in [0.29, 0.717) is 54.2 Å². The molecule has 3 aromatic rings. The summed E-state index contributed by atoms with van der Waals surface area (Å²) in [5.41, 5.74) is 6.55. The molecule has 3 heterocycles. The second kappa shape index (κ2) is 16.9. The maximum atomic E-state index is 13.9. The Hall–Kier alpha value is -3.34. The number of halogens is 2. The number of amides is 1. The van der Waals surface area contributed by atoms with Gasteiger partial charge in [0.15, 0.2) is 0 Å². The molecule has 1 saturated heterocycles. The predicted octanol–water partition coefficient (Wildman–Crippen LogP) is 5.53. The van der Waals surface area contributed by atoms with Gasteiger partial charge in [0.1, 0.15) is 17.1 Å². The second-order valence-corrected chi connectivity index (χ2v) is 9.58. The summed E-state index contributed by atoms with van der Waals surface area (Å²) in [6.07, 6.45) is 5.58. The molecule has 42 heavy (non-hydrogen) atoms. The standard InChI is InChI=1S/C26H30Cl2N6O4.2C2H6/c1-4-6-20(35)33-11-9-32(10-12-33)7-5-8-34-24-16(15-30-26(29)31-24)13-17(25(34)36)21-22(27)18(37-2)14-19(38-3)23(21)28;2*1-2/h4,6,13-15H,5,7-12H2,1-3H3,(H2,29,30,31);2*1-2H3/b6-4+;;. The Bertz CT molecular complexity index is 1410. The lowest BCUT2D eigenvalue weighted by atomic mass is 10.0. The maximum Gasteiger partial charge on any atom is 0.260 e. The molecular weight excluding hydrogens is 579 g/mol. The minimum absolute atomic E-state index is 0.0331. The number of aromatic nitrogens is 3. The zero-order chi connectivity index (χ0) is 31.4. The molecule has 1 aliphatic heterocycles. The first-order chi connectivity index (χ1) is 20.3. The van der Waals surface area contributed by atoms with Crippen molar-refractivity contribution >= 4 is 46.1 Å². The number of rotatable bonds is 8. The molecule has 1 aromatic carbocycles. The van der Waals surface area contributed by atoms with Gasteiger partial charge in [-0.15, -0.1) is 0 Å². The van der Waals surface area contributed by atoms with E-state index in [0.717, 1.165) is 19.6 Å². The summed E-state index contributed by atoms with van der Waals surface area (Å²) in [4.78, 5) is 38.5. The molecule has 0 radical (unpaired) electrons. The monoisotopic (exact) mass is 620 g/mol. The zero-order valence-corrected chi connectivity index (χ0v) is 27.1. The number of carbonyl (C=O) groups is 1. The summed E-state index contributed by atoms with van der Waals surface area (Å²) in [6, 6.07) is 3.23. The van der Waals surface area contributed by atoms with Crippen LogP contribution in [-0.2, 0) is 11.3 Å². The molecule has 0 aliphatic carbocycles. The van der Waals surface area contributed by atoms with Crippen LogP contribution in [0, 0.1) is 0 Å². The van der Waals surface area contributed by atoms with Gasteiger partial charge in [-0.05, 0) is 32.0 Å². The fourth-order valence-corrected chi connectivity index (χ4v) is 5.28. The SMILES string of the molecule is C/C=C/C(=O)N1CCN(CCCn2c(=O)c(-c3c(Cl)c(OC)cc(OC)c3Cl)cc3cnc(N)nc32)CC1.CC.CC. The van der Waals surface area contributed by atoms with Crippen LogP contribution in [0.25, 0.3) is 22.2 Å². The van der Waals surface area contributed by atoms with Crippen molar-refractivity contribution in [2.45, 2.75) is 47.6 Å². The molecule has 0 spiro atoms. The molecule has 0 saturated carbocycles. The smallest absolute Gasteiger partial charge is 0.260 e. The molecule has 0 atom stereocenters. The highest BCUT2D eigenvalue weighted by molar-refractivity contribution is 6.41. The Morgan fingerprint density at radius 3 is 2.14 bits per heavy atom. The third-order valence-electron chi connectivity index (χ3n) is 6.54. The van der Waals surface area contributed by atoms with E-state index in [1.807, 2.05) is 39.5 Å². The van der Waals surface area contributed by atoms with Crippen LogP contribution >= 0.6 is 23.2 Å². The van der Waals surface area contributed by atoms with Gasteiger partial charge in [-0.25, -0.2) is 4.98 Å². The number of aryl methyl sites for hydroxylation is 1. The van der Waals surface area contributed by atoms with Gasteiger partial charge in [-0.2, -0.15) is 4.98 Å². The maximum absolute atomic E-state index is 13.9. The number of hydrogen-bond acceptors (Lipinski definition) is 8. The summed E-state index contributed by atoms with van der Waals surface area (Å²) in [5, 5.41) is 1.00. The third kappa shape index (κ3) is 7.93. The van der Waals surface area contributed by atoms with Gasteiger partial charge in [0, 0.05) is 55.9 Å². The first kappa shape index (κ1) is 34.9. The summed E-state index contributed by atoms with van der Waals surface area (Å²) >= 11 is 13.3. The number of hydrogen-bond donors (Lipinski definition) is 1. The van der Waals surface area contributed by atoms with Crippen LogP contribution in [0.4, 0.5) is 5.95 Å². The number of methoxy groups -OCH3 is 2. The van der Waals surface area contributed by atoms with Crippen LogP contribution in [0.5, 0.6) is 11.5 Å². The second-order valence-electron chi connectivity index (χ2n) is 8.83. The number of carbonyl (C=O) groups excluding carboxylic acids is 1. The van der Waals surface area contributed by atoms with Crippen molar-refractivity contribution in [3.8, 4) is 22.6 Å². The first-order valence-electron chi connectivity index (χ1n) is 14.2. The lowest BCUT2D eigenvalue weighted by Gasteiger charge is -2.34. The topological polar surface area (TPSA) is 116 Å². The number of nitrogens with zero attached hydrogens (tertiary/aromatic N) is 5. The molecule has 2 aromatic heterocycles. The van der Waals surface area contributed by atoms with Crippen molar-refractivity contribution in [1.82, 2.24) is 24.3 Å². The molecule has 1 aliphatic rings. The zero-order valence-electron chi connectivity index (χ0n) is 25.5. The average Bonchev–Trinajstić information content (AvgIpc) is 3.01. The largest absolute Gasteiger partial charge is 0.495 e. The molecule has 0 unspecified atom stereocenters. The van der Waals surface area contributed by atoms with Gasteiger partial charge in [0.05, 0.1) is 29.8 Å². The molecule has 0 bridgehead atoms. The van der Waals surface area contributed by atoms with Crippen molar-refractivity contribution in [3.05, 3.63) is 50.9 Å². The van der Waals surface area contributed by atoms with Gasteiger partial charge in [-0.3, -0.25) is 19.1 Å². The quantitative estimate of drug-likeness (QED) is 0.327. The molecule has 12 heteroatoms. The van der Waals surface area contributed by atoms with Crippen LogP contribution in [0.2, 0.25) is 10.0 Å². The molecule has 4 rings (SSSR count). The van der Waals surface area contributed by atoms with E-state index in [2.05, 4.69) is 14.9 Å². The number of nitrogen functional groups attached to an aromatic ring is 1. The van der Waals surface area contributed by atoms with Crippen LogP contribution < -0.4 is 20.8 Å². The number of fused-ring (bicyclic) bond motifs is 1. The first-order valence-corrected chi connectivity index (χ1v) is 14.9. The Balaban J connectivity index is 0.00000148. The fraction of sp³-hybridized carbons (Fsp3) is 0.467. The normalized spacial score (nSPS) is 13.3. The van der Waals surface area contributed by atoms with Crippen molar-refractivity contribution in [3.63, 3.8) is 0 Å². The van der Waals surface area contributed by atoms with E-state index in [1.54, 1.807) is 35.0 Å². The molecule has 10 nitrogen and oxygen atoms in total. The van der Waals surface area contributed by atoms with Crippen LogP contribution in [0.1, 0.15) is 41.0 Å². The highest BCUT2D eigenvalue weighted by atomic mass is 35.5. The lowest BCUT2D eigenvalue weighted by molar-refractivity contribution is -0.127. The molecule has 1 fully saturated rings. The van der Waals surface area contributed by atoms with Crippen LogP contribution in [0.15, 0.2) is 35.3 Å². The van der Waals surface area contributed by atoms with Crippen molar-refractivity contribution in [2.24, 2.45) is 0 Å². The predicted molar refractivity (Wildman–Crippen MR) is 172 cm³/mol. The minimum atomic E-state index is -0.323. The van der Waals surface area contributed by atoms with Gasteiger partial charge in [0.25, 0.3) is 5.56 Å². The van der Waals surface area contributed by atoms with E-state index < -0.39 is 0 Å². The molecule has 230 valence electrons. The molecule has 2 N–H and O–H groups in total. The summed E-state index contributed by atoms with van der Waals surface area (Å²) in [5.74, 6) is 0.759. The highest BCUT2D eigenvalue weighted by Gasteiger charge is 2.24. The molecule has 1 amide bonds. The Labute approximate surface area is 258 Å². The van der Waals surface area contributed by atoms with Crippen molar-refractivity contribution in [2.75, 3.05) is 52.7 Å². The van der Waals surface area contributed by atoms with Crippen molar-refractivity contribution < 1.29 is 14.3 Å². The number of nitrogens with two attached hydrogens (primary N) is 1. The van der Waals surface area contributed by atoms with Gasteiger partial charge in [0.2, 0.25) is 11.9 Å². The average molecular weight is 622 g/mol. The van der Waals surface area contributed by atoms with E-state index in [4.69, 9.17) is 38.4 Å². The van der Waals surface area contributed by atoms with E-state index in [-0.39, 0.29) is 33.0 Å². The Kier molecular flexibility index (Phi) is 14.1. The van der Waals surface area contributed by atoms with Crippen LogP contribution in [-0.4, -0.2) is 77.2 Å². The van der Waals surface area contributed by atoms with E-state index >= 15 is 0 Å². The van der Waals surface area contributed by atoms with Gasteiger partial charge >= 0.3 is 0 Å². The minimum Gasteiger partial charge on any atom is -0.495 e. The summed E-state index contributed by atoms with van der Waals surface area (Å²) in [7, 11) is 2.95. The number of ether oxygens (including phenoxy) is 2. The number of pyridine rings is 1.